The lowest BCUT2D eigenvalue weighted by atomic mass is 10.1. The van der Waals surface area contributed by atoms with Crippen LogP contribution in [0.4, 0.5) is 16.2 Å². The molecule has 0 atom stereocenters. The number of ether oxygens (including phenoxy) is 2. The number of fused-ring (bicyclic) bond motifs is 2. The Balaban J connectivity index is 1.37. The van der Waals surface area contributed by atoms with Crippen molar-refractivity contribution in [1.82, 2.24) is 4.98 Å². The molecule has 4 aromatic rings. The first-order valence-corrected chi connectivity index (χ1v) is 9.97. The lowest BCUT2D eigenvalue weighted by Crippen LogP contribution is -2.19. The number of nitrogens with one attached hydrogen (secondary N) is 3. The average molecular weight is 425 g/mol. The van der Waals surface area contributed by atoms with E-state index in [-0.39, 0.29) is 11.5 Å². The van der Waals surface area contributed by atoms with Gasteiger partial charge in [0.15, 0.2) is 5.76 Å². The van der Waals surface area contributed by atoms with E-state index >= 15 is 0 Å². The summed E-state index contributed by atoms with van der Waals surface area (Å²) in [7, 11) is 1.61. The Morgan fingerprint density at radius 2 is 1.81 bits per heavy atom. The van der Waals surface area contributed by atoms with Crippen LogP contribution >= 0.6 is 0 Å². The molecule has 2 heterocycles. The highest BCUT2D eigenvalue weighted by Crippen LogP contribution is 2.35. The highest BCUT2D eigenvalue weighted by Gasteiger charge is 2.28. The number of carbonyl (C=O) groups is 2. The number of carbonyl (C=O) groups excluding carboxylic acids is 2. The second-order valence-electron chi connectivity index (χ2n) is 7.25. The molecule has 158 valence electrons. The van der Waals surface area contributed by atoms with Crippen molar-refractivity contribution in [3.8, 4) is 11.5 Å². The Bertz CT molecular complexity index is 1370. The predicted molar refractivity (Wildman–Crippen MR) is 123 cm³/mol. The van der Waals surface area contributed by atoms with Crippen LogP contribution in [0.5, 0.6) is 11.5 Å². The zero-order valence-corrected chi connectivity index (χ0v) is 17.1. The van der Waals surface area contributed by atoms with Crippen LogP contribution in [0.1, 0.15) is 15.9 Å². The summed E-state index contributed by atoms with van der Waals surface area (Å²) >= 11 is 0. The number of aromatic nitrogens is 1. The first kappa shape index (κ1) is 19.4. The van der Waals surface area contributed by atoms with Crippen molar-refractivity contribution in [2.75, 3.05) is 17.7 Å². The maximum absolute atomic E-state index is 13.0. The van der Waals surface area contributed by atoms with Gasteiger partial charge in [-0.15, -0.1) is 0 Å². The number of aromatic amines is 1. The number of para-hydroxylation sites is 1. The van der Waals surface area contributed by atoms with Crippen molar-refractivity contribution in [2.45, 2.75) is 0 Å². The molecular weight excluding hydrogens is 406 g/mol. The van der Waals surface area contributed by atoms with Gasteiger partial charge >= 0.3 is 6.03 Å². The van der Waals surface area contributed by atoms with Crippen LogP contribution < -0.4 is 20.1 Å². The van der Waals surface area contributed by atoms with Gasteiger partial charge in [0.1, 0.15) is 11.5 Å². The number of methoxy groups -OCH3 is 1. The number of allylic oxidation sites excluding steroid dienone is 1. The number of amides is 2. The topological polar surface area (TPSA) is 92.4 Å². The van der Waals surface area contributed by atoms with Gasteiger partial charge in [0.2, 0.25) is 5.78 Å². The van der Waals surface area contributed by atoms with E-state index < -0.39 is 6.03 Å². The second kappa shape index (κ2) is 7.96. The lowest BCUT2D eigenvalue weighted by molar-refractivity contribution is 0.101. The Labute approximate surface area is 183 Å². The molecule has 1 aromatic heterocycles. The third kappa shape index (κ3) is 3.67. The van der Waals surface area contributed by atoms with Crippen molar-refractivity contribution in [3.05, 3.63) is 89.8 Å². The number of ketones is 1. The predicted octanol–water partition coefficient (Wildman–Crippen LogP) is 5.44. The molecule has 7 heteroatoms. The summed E-state index contributed by atoms with van der Waals surface area (Å²) in [5.74, 6) is 1.15. The molecule has 0 saturated carbocycles. The smallest absolute Gasteiger partial charge is 0.323 e. The van der Waals surface area contributed by atoms with Crippen molar-refractivity contribution >= 4 is 40.2 Å². The SMILES string of the molecule is COc1ccc2[nH]cc(C=C3Oc4ccc(NC(=O)Nc5ccccc5)cc4C3=O)c2c1. The van der Waals surface area contributed by atoms with Crippen LogP contribution in [0.15, 0.2) is 78.7 Å². The van der Waals surface area contributed by atoms with Gasteiger partial charge in [-0.3, -0.25) is 4.79 Å². The highest BCUT2D eigenvalue weighted by molar-refractivity contribution is 6.16. The standard InChI is InChI=1S/C25H19N3O4/c1-31-18-8-9-21-19(13-18)15(14-26-21)11-23-24(29)20-12-17(7-10-22(20)32-23)28-25(30)27-16-5-3-2-4-6-16/h2-14,26H,1H3,(H2,27,28,30). The molecule has 0 aliphatic carbocycles. The van der Waals surface area contributed by atoms with Crippen LogP contribution in [0.2, 0.25) is 0 Å². The third-order valence-electron chi connectivity index (χ3n) is 5.16. The zero-order chi connectivity index (χ0) is 22.1. The first-order valence-electron chi connectivity index (χ1n) is 9.97. The minimum atomic E-state index is -0.397. The van der Waals surface area contributed by atoms with E-state index in [1.807, 2.05) is 42.6 Å². The summed E-state index contributed by atoms with van der Waals surface area (Å²) in [5.41, 5.74) is 3.30. The molecule has 0 fully saturated rings. The minimum Gasteiger partial charge on any atom is -0.497 e. The van der Waals surface area contributed by atoms with Gasteiger partial charge in [0, 0.05) is 34.0 Å². The molecule has 3 aromatic carbocycles. The molecule has 0 saturated heterocycles. The number of H-pyrrole nitrogens is 1. The molecule has 7 nitrogen and oxygen atoms in total. The molecule has 1 aliphatic rings. The average Bonchev–Trinajstić information content (AvgIpc) is 3.35. The number of hydrogen-bond acceptors (Lipinski definition) is 4. The van der Waals surface area contributed by atoms with Crippen LogP contribution in [0, 0.1) is 0 Å². The molecule has 2 amide bonds. The van der Waals surface area contributed by atoms with E-state index in [4.69, 9.17) is 9.47 Å². The Kier molecular flexibility index (Phi) is 4.84. The largest absolute Gasteiger partial charge is 0.497 e. The summed E-state index contributed by atoms with van der Waals surface area (Å²) < 4.78 is 11.1. The van der Waals surface area contributed by atoms with Crippen LogP contribution in [-0.4, -0.2) is 23.9 Å². The number of anilines is 2. The number of benzene rings is 3. The minimum absolute atomic E-state index is 0.217. The lowest BCUT2D eigenvalue weighted by Gasteiger charge is -2.08. The summed E-state index contributed by atoms with van der Waals surface area (Å²) in [6.45, 7) is 0. The van der Waals surface area contributed by atoms with Crippen LogP contribution in [0.3, 0.4) is 0 Å². The van der Waals surface area contributed by atoms with Gasteiger partial charge in [-0.2, -0.15) is 0 Å². The Hall–Kier alpha value is -4.52. The van der Waals surface area contributed by atoms with Crippen molar-refractivity contribution in [1.29, 1.82) is 0 Å². The molecule has 0 unspecified atom stereocenters. The Morgan fingerprint density at radius 3 is 2.62 bits per heavy atom. The van der Waals surface area contributed by atoms with E-state index in [1.54, 1.807) is 43.5 Å². The maximum Gasteiger partial charge on any atom is 0.323 e. The molecule has 0 radical (unpaired) electrons. The van der Waals surface area contributed by atoms with Gasteiger partial charge in [-0.25, -0.2) is 4.79 Å². The van der Waals surface area contributed by atoms with Gasteiger partial charge in [-0.1, -0.05) is 18.2 Å². The van der Waals surface area contributed by atoms with E-state index in [0.29, 0.717) is 22.7 Å². The highest BCUT2D eigenvalue weighted by atomic mass is 16.5. The fraction of sp³-hybridized carbons (Fsp3) is 0.0400. The van der Waals surface area contributed by atoms with E-state index in [2.05, 4.69) is 15.6 Å². The normalized spacial score (nSPS) is 13.7. The fourth-order valence-corrected chi connectivity index (χ4v) is 3.59. The van der Waals surface area contributed by atoms with Crippen molar-refractivity contribution in [3.63, 3.8) is 0 Å². The van der Waals surface area contributed by atoms with Crippen molar-refractivity contribution in [2.24, 2.45) is 0 Å². The van der Waals surface area contributed by atoms with Crippen LogP contribution in [-0.2, 0) is 0 Å². The Morgan fingerprint density at radius 1 is 1.00 bits per heavy atom. The summed E-state index contributed by atoms with van der Waals surface area (Å²) in [5, 5.41) is 6.41. The number of rotatable bonds is 4. The monoisotopic (exact) mass is 425 g/mol. The van der Waals surface area contributed by atoms with Crippen LogP contribution in [0.25, 0.3) is 17.0 Å². The summed E-state index contributed by atoms with van der Waals surface area (Å²) in [6, 6.07) is 19.4. The molecule has 0 spiro atoms. The summed E-state index contributed by atoms with van der Waals surface area (Å²) in [6.07, 6.45) is 3.52. The number of hydrogen-bond donors (Lipinski definition) is 3. The summed E-state index contributed by atoms with van der Waals surface area (Å²) in [4.78, 5) is 28.4. The molecular formula is C25H19N3O4. The molecule has 1 aliphatic heterocycles. The van der Waals surface area contributed by atoms with Crippen molar-refractivity contribution < 1.29 is 19.1 Å². The van der Waals surface area contributed by atoms with Gasteiger partial charge in [0.05, 0.1) is 12.7 Å². The number of Topliss-reactive ketones (excluding diaryl/α,β-unsaturated/α-hetero) is 1. The molecule has 0 bridgehead atoms. The van der Waals surface area contributed by atoms with Gasteiger partial charge < -0.3 is 25.1 Å². The van der Waals surface area contributed by atoms with E-state index in [1.165, 1.54) is 0 Å². The molecule has 32 heavy (non-hydrogen) atoms. The first-order chi connectivity index (χ1) is 15.6. The second-order valence-corrected chi connectivity index (χ2v) is 7.25. The van der Waals surface area contributed by atoms with Gasteiger partial charge in [0.25, 0.3) is 0 Å². The molecule has 3 N–H and O–H groups in total. The number of urea groups is 1. The zero-order valence-electron chi connectivity index (χ0n) is 17.1. The quantitative estimate of drug-likeness (QED) is 0.380. The van der Waals surface area contributed by atoms with Gasteiger partial charge in [-0.05, 0) is 54.6 Å². The van der Waals surface area contributed by atoms with E-state index in [0.717, 1.165) is 22.2 Å². The third-order valence-corrected chi connectivity index (χ3v) is 5.16. The fourth-order valence-electron chi connectivity index (χ4n) is 3.59. The maximum atomic E-state index is 13.0. The molecule has 5 rings (SSSR count). The van der Waals surface area contributed by atoms with E-state index in [9.17, 15) is 9.59 Å².